The first kappa shape index (κ1) is 27.8. The van der Waals surface area contributed by atoms with Gasteiger partial charge in [0.15, 0.2) is 6.29 Å². The average Bonchev–Trinajstić information content (AvgIpc) is 2.96. The van der Waals surface area contributed by atoms with Crippen LogP contribution in [0.4, 0.5) is 5.69 Å². The van der Waals surface area contributed by atoms with Crippen LogP contribution in [-0.4, -0.2) is 34.0 Å². The third-order valence-electron chi connectivity index (χ3n) is 6.17. The number of nitrogens with one attached hydrogen (secondary N) is 2. The van der Waals surface area contributed by atoms with Gasteiger partial charge in [0, 0.05) is 41.2 Å². The molecule has 2 amide bonds. The number of rotatable bonds is 11. The number of thioether (sulfide) groups is 1. The van der Waals surface area contributed by atoms with Crippen LogP contribution in [0.15, 0.2) is 83.8 Å². The van der Waals surface area contributed by atoms with E-state index in [0.717, 1.165) is 22.4 Å². The number of carbonyl (C=O) groups is 2. The first-order valence-corrected chi connectivity index (χ1v) is 13.5. The average molecular weight is 537 g/mol. The van der Waals surface area contributed by atoms with Crippen molar-refractivity contribution in [2.45, 2.75) is 55.7 Å². The molecule has 3 aromatic carbocycles. The van der Waals surface area contributed by atoms with Gasteiger partial charge in [0.1, 0.15) is 0 Å². The molecule has 0 bridgehead atoms. The highest BCUT2D eigenvalue weighted by atomic mass is 32.2. The van der Waals surface area contributed by atoms with E-state index < -0.39 is 12.2 Å². The van der Waals surface area contributed by atoms with Crippen LogP contribution in [0.5, 0.6) is 0 Å². The fourth-order valence-electron chi connectivity index (χ4n) is 4.18. The zero-order valence-electron chi connectivity index (χ0n) is 20.9. The summed E-state index contributed by atoms with van der Waals surface area (Å²) in [5.74, 6) is 0.0109. The Kier molecular flexibility index (Phi) is 10.3. The van der Waals surface area contributed by atoms with Crippen molar-refractivity contribution in [3.05, 3.63) is 95.6 Å². The van der Waals surface area contributed by atoms with Crippen molar-refractivity contribution in [3.8, 4) is 0 Å². The van der Waals surface area contributed by atoms with Crippen molar-refractivity contribution in [3.63, 3.8) is 0 Å². The zero-order valence-corrected chi connectivity index (χ0v) is 21.7. The molecule has 1 saturated heterocycles. The fraction of sp³-hybridized carbons (Fsp3) is 0.310. The minimum absolute atomic E-state index is 0.0129. The van der Waals surface area contributed by atoms with E-state index in [4.69, 9.17) is 14.7 Å². The summed E-state index contributed by atoms with van der Waals surface area (Å²) in [5.41, 5.74) is 4.81. The maximum absolute atomic E-state index is 12.3. The minimum Gasteiger partial charge on any atom is -0.392 e. The number of benzene rings is 3. The second kappa shape index (κ2) is 14.1. The summed E-state index contributed by atoms with van der Waals surface area (Å²) >= 11 is 1.74. The molecule has 3 atom stereocenters. The van der Waals surface area contributed by atoms with Gasteiger partial charge >= 0.3 is 0 Å². The Balaban J connectivity index is 1.46. The van der Waals surface area contributed by atoms with Crippen LogP contribution in [0.3, 0.4) is 0 Å². The van der Waals surface area contributed by atoms with Crippen molar-refractivity contribution >= 4 is 29.3 Å². The van der Waals surface area contributed by atoms with Crippen LogP contribution < -0.4 is 10.8 Å². The summed E-state index contributed by atoms with van der Waals surface area (Å²) in [6.45, 7) is -0.0129. The third-order valence-corrected chi connectivity index (χ3v) is 7.31. The number of amides is 2. The number of aliphatic hydroxyl groups is 1. The molecule has 200 valence electrons. The molecule has 0 aromatic heterocycles. The quantitative estimate of drug-likeness (QED) is 0.152. The van der Waals surface area contributed by atoms with Gasteiger partial charge in [-0.1, -0.05) is 54.6 Å². The maximum Gasteiger partial charge on any atom is 0.243 e. The molecule has 1 heterocycles. The first-order valence-electron chi connectivity index (χ1n) is 12.5. The highest BCUT2D eigenvalue weighted by molar-refractivity contribution is 7.99. The van der Waals surface area contributed by atoms with Gasteiger partial charge in [-0.05, 0) is 41.8 Å². The van der Waals surface area contributed by atoms with Crippen LogP contribution in [-0.2, 0) is 25.7 Å². The lowest BCUT2D eigenvalue weighted by molar-refractivity contribution is -0.245. The van der Waals surface area contributed by atoms with Crippen molar-refractivity contribution in [1.82, 2.24) is 5.48 Å². The van der Waals surface area contributed by atoms with E-state index in [1.165, 1.54) is 4.90 Å². The number of hydrogen-bond donors (Lipinski definition) is 4. The number of hydroxylamine groups is 1. The predicted octanol–water partition coefficient (Wildman–Crippen LogP) is 5.13. The Morgan fingerprint density at radius 1 is 0.895 bits per heavy atom. The molecule has 38 heavy (non-hydrogen) atoms. The minimum atomic E-state index is -0.627. The monoisotopic (exact) mass is 536 g/mol. The van der Waals surface area contributed by atoms with Gasteiger partial charge in [-0.3, -0.25) is 14.8 Å². The molecule has 8 nitrogen and oxygen atoms in total. The van der Waals surface area contributed by atoms with E-state index in [1.807, 2.05) is 60.7 Å². The van der Waals surface area contributed by atoms with Crippen molar-refractivity contribution < 1.29 is 29.4 Å². The van der Waals surface area contributed by atoms with Crippen LogP contribution >= 0.6 is 11.8 Å². The molecule has 0 radical (unpaired) electrons. The Morgan fingerprint density at radius 3 is 2.39 bits per heavy atom. The molecule has 3 aromatic rings. The number of anilines is 1. The summed E-state index contributed by atoms with van der Waals surface area (Å²) in [7, 11) is 0. The van der Waals surface area contributed by atoms with Gasteiger partial charge in [-0.2, -0.15) is 0 Å². The van der Waals surface area contributed by atoms with Gasteiger partial charge in [-0.15, -0.1) is 11.8 Å². The largest absolute Gasteiger partial charge is 0.392 e. The van der Waals surface area contributed by atoms with Gasteiger partial charge < -0.3 is 19.9 Å². The molecule has 1 fully saturated rings. The number of hydrogen-bond acceptors (Lipinski definition) is 7. The number of ether oxygens (including phenoxy) is 2. The van der Waals surface area contributed by atoms with Crippen LogP contribution in [0.1, 0.15) is 54.8 Å². The lowest BCUT2D eigenvalue weighted by Gasteiger charge is -2.36. The molecule has 9 heteroatoms. The van der Waals surface area contributed by atoms with E-state index in [1.54, 1.807) is 23.3 Å². The summed E-state index contributed by atoms with van der Waals surface area (Å²) in [6, 6.07) is 25.3. The van der Waals surface area contributed by atoms with Gasteiger partial charge in [0.25, 0.3) is 0 Å². The lowest BCUT2D eigenvalue weighted by Crippen LogP contribution is -2.31. The van der Waals surface area contributed by atoms with Gasteiger partial charge in [0.2, 0.25) is 11.8 Å². The molecule has 1 aliphatic rings. The Bertz CT molecular complexity index is 1190. The smallest absolute Gasteiger partial charge is 0.243 e. The van der Waals surface area contributed by atoms with Gasteiger partial charge in [-0.25, -0.2) is 5.48 Å². The molecule has 1 aliphatic heterocycles. The predicted molar refractivity (Wildman–Crippen MR) is 144 cm³/mol. The normalized spacial score (nSPS) is 19.1. The molecular formula is C29H32N2O6S. The second-order valence-electron chi connectivity index (χ2n) is 9.04. The fourth-order valence-corrected chi connectivity index (χ4v) is 5.12. The van der Waals surface area contributed by atoms with Crippen molar-refractivity contribution in [2.75, 3.05) is 11.1 Å². The van der Waals surface area contributed by atoms with Crippen LogP contribution in [0.2, 0.25) is 0 Å². The van der Waals surface area contributed by atoms with Crippen molar-refractivity contribution in [1.29, 1.82) is 0 Å². The summed E-state index contributed by atoms with van der Waals surface area (Å²) in [6.07, 6.45) is 0.334. The summed E-state index contributed by atoms with van der Waals surface area (Å²) < 4.78 is 12.8. The van der Waals surface area contributed by atoms with Crippen LogP contribution in [0, 0.1) is 0 Å². The number of carbonyl (C=O) groups excluding carboxylic acids is 2. The maximum atomic E-state index is 12.3. The van der Waals surface area contributed by atoms with Crippen LogP contribution in [0.25, 0.3) is 0 Å². The lowest BCUT2D eigenvalue weighted by atomic mass is 10.0. The zero-order chi connectivity index (χ0) is 26.7. The second-order valence-corrected chi connectivity index (χ2v) is 10.1. The molecule has 4 rings (SSSR count). The Morgan fingerprint density at radius 2 is 1.66 bits per heavy atom. The highest BCUT2D eigenvalue weighted by Crippen LogP contribution is 2.39. The SMILES string of the molecule is O=C(CCCC(=O)Nc1cccc([C@H]2O[C@@H](CSc3ccccc3)C[C@@H](c3ccc(CO)cc3)O2)c1)NO. The molecule has 0 saturated carbocycles. The van der Waals surface area contributed by atoms with Gasteiger partial charge in [0.05, 0.1) is 18.8 Å². The molecule has 0 spiro atoms. The molecule has 4 N–H and O–H groups in total. The standard InChI is InChI=1S/C29H32N2O6S/c32-18-20-12-14-21(15-13-20)26-17-24(19-38-25-8-2-1-3-9-25)36-29(37-26)22-6-4-7-23(16-22)30-27(33)10-5-11-28(34)31-35/h1-4,6-9,12-16,24,26,29,32,35H,5,10-11,17-19H2,(H,30,33)(H,31,34)/t24-,26+,29+/m1/s1. The summed E-state index contributed by atoms with van der Waals surface area (Å²) in [4.78, 5) is 24.7. The van der Waals surface area contributed by atoms with E-state index >= 15 is 0 Å². The highest BCUT2D eigenvalue weighted by Gasteiger charge is 2.32. The van der Waals surface area contributed by atoms with E-state index in [-0.39, 0.29) is 37.6 Å². The van der Waals surface area contributed by atoms with E-state index in [9.17, 15) is 14.7 Å². The third kappa shape index (κ3) is 8.14. The van der Waals surface area contributed by atoms with Crippen molar-refractivity contribution in [2.24, 2.45) is 0 Å². The Labute approximate surface area is 226 Å². The van der Waals surface area contributed by atoms with E-state index in [0.29, 0.717) is 18.5 Å². The summed E-state index contributed by atoms with van der Waals surface area (Å²) in [5, 5.41) is 20.8. The molecular weight excluding hydrogens is 504 g/mol. The number of aliphatic hydroxyl groups excluding tert-OH is 1. The Hall–Kier alpha value is -3.21. The molecule has 0 aliphatic carbocycles. The van der Waals surface area contributed by atoms with E-state index in [2.05, 4.69) is 17.4 Å². The topological polar surface area (TPSA) is 117 Å². The molecule has 0 unspecified atom stereocenters. The first-order chi connectivity index (χ1) is 18.5.